The first kappa shape index (κ1) is 25.5. The standard InChI is InChI=1S/C40H23BF2N2O/c42-30-15-9-16-31(43)40(30)45-34-19-8-5-14-29(34)41-38-26-11-2-1-10-24(26)20-21-36(38)46-37-23-25(22-35(45)39(37)41)44-32-17-6-3-12-27(32)28-13-4-7-18-33(28)44/h1-23H. The molecule has 3 nitrogen and oxygen atoms in total. The lowest BCUT2D eigenvalue weighted by molar-refractivity contribution is 0.488. The molecule has 216 valence electrons. The van der Waals surface area contributed by atoms with Crippen LogP contribution >= 0.6 is 0 Å². The van der Waals surface area contributed by atoms with E-state index in [2.05, 4.69) is 65.2 Å². The second-order valence-corrected chi connectivity index (χ2v) is 11.9. The Hall–Kier alpha value is -5.88. The van der Waals surface area contributed by atoms with E-state index in [1.165, 1.54) is 18.2 Å². The fraction of sp³-hybridized carbons (Fsp3) is 0. The largest absolute Gasteiger partial charge is 0.458 e. The summed E-state index contributed by atoms with van der Waals surface area (Å²) in [6, 6.07) is 45.2. The first-order valence-electron chi connectivity index (χ1n) is 15.4. The molecule has 0 aliphatic carbocycles. The van der Waals surface area contributed by atoms with Crippen molar-refractivity contribution in [2.75, 3.05) is 4.90 Å². The molecule has 3 heterocycles. The molecular formula is C40H23BF2N2O. The minimum Gasteiger partial charge on any atom is -0.458 e. The lowest BCUT2D eigenvalue weighted by Crippen LogP contribution is -2.59. The lowest BCUT2D eigenvalue weighted by atomic mass is 9.33. The predicted octanol–water partition coefficient (Wildman–Crippen LogP) is 8.62. The zero-order valence-corrected chi connectivity index (χ0v) is 24.4. The molecule has 0 atom stereocenters. The molecule has 8 aromatic rings. The summed E-state index contributed by atoms with van der Waals surface area (Å²) in [5.74, 6) is 0.180. The summed E-state index contributed by atoms with van der Waals surface area (Å²) in [5.41, 5.74) is 7.12. The Bertz CT molecular complexity index is 2500. The number of rotatable bonds is 2. The maximum Gasteiger partial charge on any atom is 0.257 e. The topological polar surface area (TPSA) is 17.4 Å². The summed E-state index contributed by atoms with van der Waals surface area (Å²) in [6.07, 6.45) is 0. The van der Waals surface area contributed by atoms with Gasteiger partial charge in [-0.3, -0.25) is 0 Å². The predicted molar refractivity (Wildman–Crippen MR) is 184 cm³/mol. The molecule has 0 unspecified atom stereocenters. The maximum atomic E-state index is 15.8. The highest BCUT2D eigenvalue weighted by molar-refractivity contribution is 7.00. The Labute approximate surface area is 263 Å². The van der Waals surface area contributed by atoms with Crippen molar-refractivity contribution in [2.45, 2.75) is 0 Å². The second kappa shape index (κ2) is 9.32. The molecule has 0 bridgehead atoms. The molecular weight excluding hydrogens is 573 g/mol. The van der Waals surface area contributed by atoms with Gasteiger partial charge in [-0.05, 0) is 69.6 Å². The molecule has 0 amide bonds. The van der Waals surface area contributed by atoms with Crippen LogP contribution in [0.15, 0.2) is 140 Å². The van der Waals surface area contributed by atoms with Crippen molar-refractivity contribution < 1.29 is 13.5 Å². The van der Waals surface area contributed by atoms with E-state index in [4.69, 9.17) is 4.74 Å². The highest BCUT2D eigenvalue weighted by Crippen LogP contribution is 2.45. The summed E-state index contributed by atoms with van der Waals surface area (Å²) in [6.45, 7) is -0.214. The van der Waals surface area contributed by atoms with Crippen molar-refractivity contribution in [3.05, 3.63) is 151 Å². The highest BCUT2D eigenvalue weighted by atomic mass is 19.1. The van der Waals surface area contributed by atoms with E-state index in [-0.39, 0.29) is 12.4 Å². The smallest absolute Gasteiger partial charge is 0.257 e. The van der Waals surface area contributed by atoms with E-state index < -0.39 is 11.6 Å². The fourth-order valence-corrected chi connectivity index (χ4v) is 7.73. The van der Waals surface area contributed by atoms with Crippen molar-refractivity contribution in [3.8, 4) is 17.2 Å². The first-order chi connectivity index (χ1) is 22.7. The number of aromatic nitrogens is 1. The van der Waals surface area contributed by atoms with Crippen LogP contribution in [0, 0.1) is 11.6 Å². The molecule has 6 heteroatoms. The fourth-order valence-electron chi connectivity index (χ4n) is 7.73. The van der Waals surface area contributed by atoms with Gasteiger partial charge in [0.25, 0.3) is 6.71 Å². The zero-order valence-electron chi connectivity index (χ0n) is 24.4. The maximum absolute atomic E-state index is 15.8. The molecule has 0 fully saturated rings. The van der Waals surface area contributed by atoms with Crippen LogP contribution in [0.25, 0.3) is 38.3 Å². The van der Waals surface area contributed by atoms with E-state index in [1.807, 2.05) is 60.7 Å². The van der Waals surface area contributed by atoms with Gasteiger partial charge in [-0.1, -0.05) is 91.0 Å². The monoisotopic (exact) mass is 596 g/mol. The SMILES string of the molecule is Fc1cccc(F)c1N1c2ccccc2B2c3c(cc(-n4c5ccccc5c5ccccc54)cc31)Oc1ccc3ccccc3c12. The average molecular weight is 596 g/mol. The number of benzene rings is 7. The minimum atomic E-state index is -0.633. The van der Waals surface area contributed by atoms with Crippen molar-refractivity contribution in [3.63, 3.8) is 0 Å². The molecule has 0 saturated heterocycles. The number of halogens is 2. The lowest BCUT2D eigenvalue weighted by Gasteiger charge is -2.40. The summed E-state index contributed by atoms with van der Waals surface area (Å²) in [4.78, 5) is 1.74. The van der Waals surface area contributed by atoms with Gasteiger partial charge in [0.15, 0.2) is 0 Å². The quantitative estimate of drug-likeness (QED) is 0.186. The molecule has 2 aliphatic rings. The van der Waals surface area contributed by atoms with E-state index in [0.29, 0.717) is 11.4 Å². The molecule has 0 N–H and O–H groups in total. The summed E-state index contributed by atoms with van der Waals surface area (Å²) >= 11 is 0. The third kappa shape index (κ3) is 3.36. The van der Waals surface area contributed by atoms with Crippen LogP contribution in [0.5, 0.6) is 11.5 Å². The van der Waals surface area contributed by atoms with Crippen LogP contribution < -0.4 is 26.0 Å². The van der Waals surface area contributed by atoms with Crippen LogP contribution in [0.4, 0.5) is 25.8 Å². The molecule has 0 spiro atoms. The molecule has 0 radical (unpaired) electrons. The molecule has 2 aliphatic heterocycles. The normalized spacial score (nSPS) is 13.1. The molecule has 0 saturated carbocycles. The minimum absolute atomic E-state index is 0.112. The Kier molecular flexibility index (Phi) is 5.16. The van der Waals surface area contributed by atoms with E-state index >= 15 is 8.78 Å². The van der Waals surface area contributed by atoms with Gasteiger partial charge < -0.3 is 14.2 Å². The first-order valence-corrected chi connectivity index (χ1v) is 15.4. The average Bonchev–Trinajstić information content (AvgIpc) is 3.43. The number of nitrogens with zero attached hydrogens (tertiary/aromatic N) is 2. The third-order valence-corrected chi connectivity index (χ3v) is 9.56. The van der Waals surface area contributed by atoms with Crippen molar-refractivity contribution >= 4 is 72.7 Å². The van der Waals surface area contributed by atoms with Gasteiger partial charge in [0.1, 0.15) is 28.8 Å². The van der Waals surface area contributed by atoms with Gasteiger partial charge >= 0.3 is 0 Å². The number of fused-ring (bicyclic) bond motifs is 9. The third-order valence-electron chi connectivity index (χ3n) is 9.56. The highest BCUT2D eigenvalue weighted by Gasteiger charge is 2.44. The number of hydrogen-bond acceptors (Lipinski definition) is 2. The van der Waals surface area contributed by atoms with Crippen LogP contribution in [0.3, 0.4) is 0 Å². The van der Waals surface area contributed by atoms with Gasteiger partial charge in [0, 0.05) is 28.2 Å². The Morgan fingerprint density at radius 3 is 1.93 bits per heavy atom. The van der Waals surface area contributed by atoms with E-state index in [9.17, 15) is 0 Å². The molecule has 46 heavy (non-hydrogen) atoms. The Morgan fingerprint density at radius 2 is 1.17 bits per heavy atom. The van der Waals surface area contributed by atoms with Crippen LogP contribution in [0.2, 0.25) is 0 Å². The Morgan fingerprint density at radius 1 is 0.522 bits per heavy atom. The van der Waals surface area contributed by atoms with Gasteiger partial charge in [-0.15, -0.1) is 0 Å². The number of para-hydroxylation sites is 4. The van der Waals surface area contributed by atoms with Gasteiger partial charge in [0.05, 0.1) is 16.7 Å². The second-order valence-electron chi connectivity index (χ2n) is 11.9. The van der Waals surface area contributed by atoms with Crippen molar-refractivity contribution in [1.82, 2.24) is 4.57 Å². The number of anilines is 3. The van der Waals surface area contributed by atoms with Crippen LogP contribution in [-0.2, 0) is 0 Å². The molecule has 7 aromatic carbocycles. The van der Waals surface area contributed by atoms with Crippen molar-refractivity contribution in [2.24, 2.45) is 0 Å². The molecule has 10 rings (SSSR count). The van der Waals surface area contributed by atoms with E-state index in [0.717, 1.165) is 66.1 Å². The van der Waals surface area contributed by atoms with Gasteiger partial charge in [-0.25, -0.2) is 8.78 Å². The van der Waals surface area contributed by atoms with Crippen LogP contribution in [-0.4, -0.2) is 11.3 Å². The summed E-state index contributed by atoms with van der Waals surface area (Å²) < 4.78 is 40.7. The van der Waals surface area contributed by atoms with E-state index in [1.54, 1.807) is 4.90 Å². The van der Waals surface area contributed by atoms with Gasteiger partial charge in [0.2, 0.25) is 0 Å². The summed E-state index contributed by atoms with van der Waals surface area (Å²) in [7, 11) is 0. The number of ether oxygens (including phenoxy) is 1. The van der Waals surface area contributed by atoms with Crippen LogP contribution in [0.1, 0.15) is 0 Å². The number of hydrogen-bond donors (Lipinski definition) is 0. The molecule has 1 aromatic heterocycles. The van der Waals surface area contributed by atoms with Gasteiger partial charge in [-0.2, -0.15) is 0 Å². The van der Waals surface area contributed by atoms with Crippen molar-refractivity contribution in [1.29, 1.82) is 0 Å². The summed E-state index contributed by atoms with van der Waals surface area (Å²) in [5, 5.41) is 4.45. The Balaban J connectivity index is 1.36. The zero-order chi connectivity index (χ0) is 30.5.